The van der Waals surface area contributed by atoms with Crippen molar-refractivity contribution in [2.75, 3.05) is 0 Å². The summed E-state index contributed by atoms with van der Waals surface area (Å²) < 4.78 is 0. The first-order valence-electron chi connectivity index (χ1n) is 3.93. The Morgan fingerprint density at radius 2 is 1.85 bits per heavy atom. The second-order valence-corrected chi connectivity index (χ2v) is 2.74. The minimum atomic E-state index is 0. The van der Waals surface area contributed by atoms with E-state index in [0.29, 0.717) is 0 Å². The van der Waals surface area contributed by atoms with Crippen LogP contribution in [0.25, 0.3) is 11.3 Å². The smallest absolute Gasteiger partial charge is 0.0929 e. The Kier molecular flexibility index (Phi) is 3.09. The summed E-state index contributed by atoms with van der Waals surface area (Å²) in [5.41, 5.74) is 3.31. The highest BCUT2D eigenvalue weighted by molar-refractivity contribution is 5.85. The molecule has 2 aromatic rings. The number of rotatable bonds is 1. The third-order valence-electron chi connectivity index (χ3n) is 1.88. The van der Waals surface area contributed by atoms with Crippen molar-refractivity contribution >= 4 is 12.4 Å². The number of benzene rings is 1. The molecule has 2 nitrogen and oxygen atoms in total. The highest BCUT2D eigenvalue weighted by Gasteiger charge is 2.01. The first-order valence-corrected chi connectivity index (χ1v) is 3.93. The van der Waals surface area contributed by atoms with Crippen molar-refractivity contribution in [3.8, 4) is 11.3 Å². The summed E-state index contributed by atoms with van der Waals surface area (Å²) in [5.74, 6) is 0. The molecule has 1 aromatic carbocycles. The van der Waals surface area contributed by atoms with Gasteiger partial charge in [0.15, 0.2) is 0 Å². The number of aromatic amines is 1. The monoisotopic (exact) mass is 194 g/mol. The van der Waals surface area contributed by atoms with Crippen LogP contribution in [-0.2, 0) is 0 Å². The van der Waals surface area contributed by atoms with Crippen LogP contribution < -0.4 is 0 Å². The van der Waals surface area contributed by atoms with E-state index >= 15 is 0 Å². The van der Waals surface area contributed by atoms with Crippen LogP contribution >= 0.6 is 12.4 Å². The number of H-pyrrole nitrogens is 1. The molecule has 13 heavy (non-hydrogen) atoms. The summed E-state index contributed by atoms with van der Waals surface area (Å²) in [4.78, 5) is 7.29. The minimum Gasteiger partial charge on any atom is -0.348 e. The molecule has 68 valence electrons. The first kappa shape index (κ1) is 9.81. The lowest BCUT2D eigenvalue weighted by Crippen LogP contribution is -1.79. The maximum absolute atomic E-state index is 4.23. The molecule has 0 amide bonds. The van der Waals surface area contributed by atoms with Gasteiger partial charge in [-0.25, -0.2) is 4.98 Å². The van der Waals surface area contributed by atoms with Crippen molar-refractivity contribution in [3.05, 3.63) is 42.4 Å². The van der Waals surface area contributed by atoms with Crippen molar-refractivity contribution < 1.29 is 0 Å². The average molecular weight is 195 g/mol. The summed E-state index contributed by atoms with van der Waals surface area (Å²) in [6, 6.07) is 10.2. The molecule has 0 spiro atoms. The molecular weight excluding hydrogens is 184 g/mol. The van der Waals surface area contributed by atoms with E-state index in [1.54, 1.807) is 6.33 Å². The third kappa shape index (κ3) is 1.90. The van der Waals surface area contributed by atoms with Gasteiger partial charge in [-0.3, -0.25) is 0 Å². The molecule has 0 unspecified atom stereocenters. The lowest BCUT2D eigenvalue weighted by Gasteiger charge is -1.96. The zero-order valence-electron chi connectivity index (χ0n) is 7.32. The van der Waals surface area contributed by atoms with Gasteiger partial charge in [0.1, 0.15) is 0 Å². The van der Waals surface area contributed by atoms with Gasteiger partial charge in [0, 0.05) is 11.3 Å². The lowest BCUT2D eigenvalue weighted by atomic mass is 10.1. The van der Waals surface area contributed by atoms with E-state index in [0.717, 1.165) is 17.0 Å². The molecule has 0 saturated heterocycles. The average Bonchev–Trinajstić information content (AvgIpc) is 2.53. The molecule has 0 bridgehead atoms. The maximum atomic E-state index is 4.23. The predicted molar refractivity (Wildman–Crippen MR) is 56.0 cm³/mol. The fraction of sp³-hybridized carbons (Fsp3) is 0.100. The van der Waals surface area contributed by atoms with Crippen molar-refractivity contribution in [3.63, 3.8) is 0 Å². The Morgan fingerprint density at radius 3 is 2.38 bits per heavy atom. The van der Waals surface area contributed by atoms with Crippen LogP contribution in [0.1, 0.15) is 5.69 Å². The summed E-state index contributed by atoms with van der Waals surface area (Å²) in [5, 5.41) is 0. The standard InChI is InChI=1S/C10H10N2.ClH/c1-8-10(12-7-11-8)9-5-3-2-4-6-9;/h2-7H,1H3,(H,11,12);1H. The van der Waals surface area contributed by atoms with Crippen LogP contribution in [0.4, 0.5) is 0 Å². The van der Waals surface area contributed by atoms with Gasteiger partial charge in [0.05, 0.1) is 12.0 Å². The third-order valence-corrected chi connectivity index (χ3v) is 1.88. The van der Waals surface area contributed by atoms with E-state index in [1.165, 1.54) is 0 Å². The van der Waals surface area contributed by atoms with Gasteiger partial charge in [0.25, 0.3) is 0 Å². The van der Waals surface area contributed by atoms with E-state index in [4.69, 9.17) is 0 Å². The molecule has 1 heterocycles. The Balaban J connectivity index is 0.000000845. The fourth-order valence-corrected chi connectivity index (χ4v) is 1.25. The normalized spacial score (nSPS) is 9.31. The Hall–Kier alpha value is -1.28. The van der Waals surface area contributed by atoms with Gasteiger partial charge in [0.2, 0.25) is 0 Å². The predicted octanol–water partition coefficient (Wildman–Crippen LogP) is 2.81. The summed E-state index contributed by atoms with van der Waals surface area (Å²) in [6.45, 7) is 2.02. The van der Waals surface area contributed by atoms with Gasteiger partial charge in [-0.1, -0.05) is 30.3 Å². The van der Waals surface area contributed by atoms with Crippen LogP contribution in [0.15, 0.2) is 36.7 Å². The van der Waals surface area contributed by atoms with Crippen LogP contribution in [-0.4, -0.2) is 9.97 Å². The van der Waals surface area contributed by atoms with Crippen LogP contribution in [0.5, 0.6) is 0 Å². The fourth-order valence-electron chi connectivity index (χ4n) is 1.25. The highest BCUT2D eigenvalue weighted by atomic mass is 35.5. The molecule has 0 aliphatic carbocycles. The Morgan fingerprint density at radius 1 is 1.15 bits per heavy atom. The van der Waals surface area contributed by atoms with Crippen LogP contribution in [0.3, 0.4) is 0 Å². The van der Waals surface area contributed by atoms with E-state index in [-0.39, 0.29) is 12.4 Å². The minimum absolute atomic E-state index is 0. The summed E-state index contributed by atoms with van der Waals surface area (Å²) >= 11 is 0. The number of halogens is 1. The Labute approximate surface area is 83.4 Å². The van der Waals surface area contributed by atoms with Gasteiger partial charge in [-0.05, 0) is 6.92 Å². The molecule has 2 rings (SSSR count). The van der Waals surface area contributed by atoms with Gasteiger partial charge >= 0.3 is 0 Å². The molecule has 0 aliphatic heterocycles. The number of imidazole rings is 1. The number of aromatic nitrogens is 2. The van der Waals surface area contributed by atoms with E-state index < -0.39 is 0 Å². The molecule has 1 N–H and O–H groups in total. The van der Waals surface area contributed by atoms with Crippen molar-refractivity contribution in [1.82, 2.24) is 9.97 Å². The van der Waals surface area contributed by atoms with E-state index in [1.807, 2.05) is 25.1 Å². The molecule has 0 saturated carbocycles. The second-order valence-electron chi connectivity index (χ2n) is 2.74. The topological polar surface area (TPSA) is 28.7 Å². The molecule has 0 radical (unpaired) electrons. The highest BCUT2D eigenvalue weighted by Crippen LogP contribution is 2.18. The van der Waals surface area contributed by atoms with Crippen LogP contribution in [0, 0.1) is 6.92 Å². The Bertz CT molecular complexity index is 367. The van der Waals surface area contributed by atoms with Gasteiger partial charge in [-0.15, -0.1) is 12.4 Å². The molecule has 1 aromatic heterocycles. The SMILES string of the molecule is Cc1[nH]cnc1-c1ccccc1.Cl. The molecule has 0 fully saturated rings. The van der Waals surface area contributed by atoms with Crippen LogP contribution in [0.2, 0.25) is 0 Å². The zero-order chi connectivity index (χ0) is 8.39. The number of nitrogens with one attached hydrogen (secondary N) is 1. The van der Waals surface area contributed by atoms with Gasteiger partial charge < -0.3 is 4.98 Å². The summed E-state index contributed by atoms with van der Waals surface area (Å²) in [6.07, 6.45) is 1.72. The molecule has 0 atom stereocenters. The van der Waals surface area contributed by atoms with Crippen molar-refractivity contribution in [2.24, 2.45) is 0 Å². The van der Waals surface area contributed by atoms with Crippen molar-refractivity contribution in [1.29, 1.82) is 0 Å². The van der Waals surface area contributed by atoms with E-state index in [2.05, 4.69) is 22.1 Å². The van der Waals surface area contributed by atoms with Crippen molar-refractivity contribution in [2.45, 2.75) is 6.92 Å². The number of aryl methyl sites for hydroxylation is 1. The maximum Gasteiger partial charge on any atom is 0.0929 e. The first-order chi connectivity index (χ1) is 5.88. The number of hydrogen-bond donors (Lipinski definition) is 1. The molecular formula is C10H11ClN2. The zero-order valence-corrected chi connectivity index (χ0v) is 8.14. The molecule has 3 heteroatoms. The number of hydrogen-bond acceptors (Lipinski definition) is 1. The van der Waals surface area contributed by atoms with Gasteiger partial charge in [-0.2, -0.15) is 0 Å². The molecule has 0 aliphatic rings. The second kappa shape index (κ2) is 4.10. The van der Waals surface area contributed by atoms with E-state index in [9.17, 15) is 0 Å². The lowest BCUT2D eigenvalue weighted by molar-refractivity contribution is 1.25. The quantitative estimate of drug-likeness (QED) is 0.743. The summed E-state index contributed by atoms with van der Waals surface area (Å²) in [7, 11) is 0. The largest absolute Gasteiger partial charge is 0.348 e. The number of nitrogens with zero attached hydrogens (tertiary/aromatic N) is 1.